The largest absolute Gasteiger partial charge is 0.288 e. The van der Waals surface area contributed by atoms with Crippen LogP contribution >= 0.6 is 27.3 Å². The van der Waals surface area contributed by atoms with E-state index in [0.29, 0.717) is 0 Å². The molecule has 0 radical (unpaired) electrons. The van der Waals surface area contributed by atoms with Crippen LogP contribution in [-0.4, -0.2) is 5.78 Å². The van der Waals surface area contributed by atoms with Crippen LogP contribution in [0.3, 0.4) is 0 Å². The molecule has 0 aliphatic carbocycles. The van der Waals surface area contributed by atoms with Gasteiger partial charge in [0.25, 0.3) is 0 Å². The Balaban J connectivity index is 2.49. The molecule has 0 aliphatic rings. The van der Waals surface area contributed by atoms with E-state index in [1.54, 1.807) is 0 Å². The summed E-state index contributed by atoms with van der Waals surface area (Å²) < 4.78 is 0.940. The fourth-order valence-electron chi connectivity index (χ4n) is 1.57. The van der Waals surface area contributed by atoms with Gasteiger partial charge in [0.2, 0.25) is 5.78 Å². The molecule has 0 saturated heterocycles. The topological polar surface area (TPSA) is 17.1 Å². The van der Waals surface area contributed by atoms with Gasteiger partial charge < -0.3 is 0 Å². The van der Waals surface area contributed by atoms with Crippen LogP contribution in [-0.2, 0) is 0 Å². The van der Waals surface area contributed by atoms with E-state index in [4.69, 9.17) is 0 Å². The van der Waals surface area contributed by atoms with E-state index in [2.05, 4.69) is 15.9 Å². The Morgan fingerprint density at radius 2 is 1.94 bits per heavy atom. The average molecular weight is 295 g/mol. The summed E-state index contributed by atoms with van der Waals surface area (Å²) >= 11 is 4.90. The quantitative estimate of drug-likeness (QED) is 0.752. The number of hydrogen-bond acceptors (Lipinski definition) is 2. The van der Waals surface area contributed by atoms with Crippen molar-refractivity contribution in [2.24, 2.45) is 0 Å². The normalized spacial score (nSPS) is 10.4. The second kappa shape index (κ2) is 4.52. The maximum absolute atomic E-state index is 12.3. The van der Waals surface area contributed by atoms with Crippen molar-refractivity contribution >= 4 is 33.0 Å². The number of carbonyl (C=O) groups excluding carboxylic acids is 1. The Bertz CT molecular complexity index is 543. The fourth-order valence-corrected chi connectivity index (χ4v) is 2.81. The first-order valence-corrected chi connectivity index (χ1v) is 6.62. The first-order chi connectivity index (χ1) is 7.59. The van der Waals surface area contributed by atoms with Gasteiger partial charge in [0.15, 0.2) is 0 Å². The average Bonchev–Trinajstić information content (AvgIpc) is 2.67. The molecule has 1 nitrogen and oxygen atoms in total. The van der Waals surface area contributed by atoms with Crippen molar-refractivity contribution in [3.05, 3.63) is 55.7 Å². The second-order valence-corrected chi connectivity index (χ2v) is 5.55. The number of rotatable bonds is 2. The lowest BCUT2D eigenvalue weighted by molar-refractivity contribution is 0.104. The Kier molecular flexibility index (Phi) is 3.26. The Labute approximate surface area is 107 Å². The number of ketones is 1. The minimum atomic E-state index is 0.117. The summed E-state index contributed by atoms with van der Waals surface area (Å²) in [5.41, 5.74) is 2.84. The molecule has 3 heteroatoms. The summed E-state index contributed by atoms with van der Waals surface area (Å²) in [4.78, 5) is 13.1. The van der Waals surface area contributed by atoms with Crippen LogP contribution in [0.4, 0.5) is 0 Å². The SMILES string of the molecule is Cc1ccc(Br)cc1C(=O)c1sccc1C. The van der Waals surface area contributed by atoms with Gasteiger partial charge in [-0.25, -0.2) is 0 Å². The molecule has 0 amide bonds. The van der Waals surface area contributed by atoms with E-state index >= 15 is 0 Å². The van der Waals surface area contributed by atoms with Crippen LogP contribution in [0.5, 0.6) is 0 Å². The minimum Gasteiger partial charge on any atom is -0.288 e. The van der Waals surface area contributed by atoms with Crippen LogP contribution in [0.25, 0.3) is 0 Å². The van der Waals surface area contributed by atoms with Crippen molar-refractivity contribution in [3.63, 3.8) is 0 Å². The molecule has 2 aromatic rings. The number of carbonyl (C=O) groups is 1. The van der Waals surface area contributed by atoms with Gasteiger partial charge in [-0.3, -0.25) is 4.79 Å². The predicted molar refractivity (Wildman–Crippen MR) is 71.4 cm³/mol. The number of aryl methyl sites for hydroxylation is 2. The molecule has 16 heavy (non-hydrogen) atoms. The molecule has 0 unspecified atom stereocenters. The van der Waals surface area contributed by atoms with E-state index in [0.717, 1.165) is 26.0 Å². The van der Waals surface area contributed by atoms with E-state index in [1.165, 1.54) is 11.3 Å². The standard InChI is InChI=1S/C13H11BrOS/c1-8-3-4-10(14)7-11(8)12(15)13-9(2)5-6-16-13/h3-7H,1-2H3. The fraction of sp³-hybridized carbons (Fsp3) is 0.154. The zero-order valence-corrected chi connectivity index (χ0v) is 11.5. The van der Waals surface area contributed by atoms with E-state index in [1.807, 2.05) is 43.5 Å². The van der Waals surface area contributed by atoms with Gasteiger partial charge in [0.1, 0.15) is 0 Å². The maximum Gasteiger partial charge on any atom is 0.203 e. The Morgan fingerprint density at radius 3 is 2.56 bits per heavy atom. The molecule has 0 bridgehead atoms. The third-order valence-electron chi connectivity index (χ3n) is 2.51. The van der Waals surface area contributed by atoms with Crippen molar-refractivity contribution in [3.8, 4) is 0 Å². The molecule has 0 N–H and O–H groups in total. The highest BCUT2D eigenvalue weighted by Gasteiger charge is 2.15. The maximum atomic E-state index is 12.3. The molecule has 2 rings (SSSR count). The monoisotopic (exact) mass is 294 g/mol. The first-order valence-electron chi connectivity index (χ1n) is 4.94. The molecule has 1 aromatic heterocycles. The van der Waals surface area contributed by atoms with Crippen molar-refractivity contribution in [2.45, 2.75) is 13.8 Å². The van der Waals surface area contributed by atoms with Gasteiger partial charge in [-0.2, -0.15) is 0 Å². The lowest BCUT2D eigenvalue weighted by Gasteiger charge is -2.04. The minimum absolute atomic E-state index is 0.117. The first kappa shape index (κ1) is 11.6. The molecule has 0 spiro atoms. The van der Waals surface area contributed by atoms with Crippen LogP contribution in [0.1, 0.15) is 26.4 Å². The number of benzene rings is 1. The van der Waals surface area contributed by atoms with Gasteiger partial charge in [-0.1, -0.05) is 22.0 Å². The van der Waals surface area contributed by atoms with Crippen LogP contribution in [0, 0.1) is 13.8 Å². The van der Waals surface area contributed by atoms with Crippen LogP contribution < -0.4 is 0 Å². The van der Waals surface area contributed by atoms with Gasteiger partial charge in [0, 0.05) is 10.0 Å². The van der Waals surface area contributed by atoms with Crippen LogP contribution in [0.2, 0.25) is 0 Å². The van der Waals surface area contributed by atoms with Gasteiger partial charge in [-0.05, 0) is 48.6 Å². The zero-order chi connectivity index (χ0) is 11.7. The third kappa shape index (κ3) is 2.11. The highest BCUT2D eigenvalue weighted by molar-refractivity contribution is 9.10. The summed E-state index contributed by atoms with van der Waals surface area (Å²) in [6, 6.07) is 7.77. The molecule has 82 valence electrons. The zero-order valence-electron chi connectivity index (χ0n) is 9.08. The lowest BCUT2D eigenvalue weighted by atomic mass is 10.0. The lowest BCUT2D eigenvalue weighted by Crippen LogP contribution is -2.02. The highest BCUT2D eigenvalue weighted by Crippen LogP contribution is 2.24. The van der Waals surface area contributed by atoms with Crippen molar-refractivity contribution in [2.75, 3.05) is 0 Å². The second-order valence-electron chi connectivity index (χ2n) is 3.72. The highest BCUT2D eigenvalue weighted by atomic mass is 79.9. The summed E-state index contributed by atoms with van der Waals surface area (Å²) in [5, 5.41) is 1.95. The Hall–Kier alpha value is -0.930. The molecule has 0 fully saturated rings. The number of thiophene rings is 1. The smallest absolute Gasteiger partial charge is 0.203 e. The third-order valence-corrected chi connectivity index (χ3v) is 4.02. The van der Waals surface area contributed by atoms with Gasteiger partial charge in [0.05, 0.1) is 4.88 Å². The predicted octanol–water partition coefficient (Wildman–Crippen LogP) is 4.36. The Morgan fingerprint density at radius 1 is 1.19 bits per heavy atom. The number of hydrogen-bond donors (Lipinski definition) is 0. The van der Waals surface area contributed by atoms with Gasteiger partial charge in [-0.15, -0.1) is 11.3 Å². The molecule has 0 saturated carbocycles. The van der Waals surface area contributed by atoms with Gasteiger partial charge >= 0.3 is 0 Å². The molecule has 1 aromatic carbocycles. The molecule has 1 heterocycles. The molecule has 0 aliphatic heterocycles. The summed E-state index contributed by atoms with van der Waals surface area (Å²) in [5.74, 6) is 0.117. The number of halogens is 1. The van der Waals surface area contributed by atoms with E-state index < -0.39 is 0 Å². The van der Waals surface area contributed by atoms with Crippen molar-refractivity contribution < 1.29 is 4.79 Å². The van der Waals surface area contributed by atoms with Crippen molar-refractivity contribution in [1.29, 1.82) is 0 Å². The van der Waals surface area contributed by atoms with Crippen LogP contribution in [0.15, 0.2) is 34.1 Å². The van der Waals surface area contributed by atoms with E-state index in [9.17, 15) is 4.79 Å². The van der Waals surface area contributed by atoms with Crippen molar-refractivity contribution in [1.82, 2.24) is 0 Å². The molecule has 0 atom stereocenters. The summed E-state index contributed by atoms with van der Waals surface area (Å²) in [6.45, 7) is 3.93. The van der Waals surface area contributed by atoms with E-state index in [-0.39, 0.29) is 5.78 Å². The summed E-state index contributed by atoms with van der Waals surface area (Å²) in [7, 11) is 0. The molecular formula is C13H11BrOS. The summed E-state index contributed by atoms with van der Waals surface area (Å²) in [6.07, 6.45) is 0. The molecular weight excluding hydrogens is 284 g/mol.